The molecule has 9 nitrogen and oxygen atoms in total. The minimum atomic E-state index is -3.10. The van der Waals surface area contributed by atoms with Gasteiger partial charge in [-0.15, -0.1) is 5.06 Å². The molecule has 1 N–H and O–H groups in total. The van der Waals surface area contributed by atoms with Crippen LogP contribution in [0.25, 0.3) is 0 Å². The van der Waals surface area contributed by atoms with Crippen molar-refractivity contribution in [3.8, 4) is 11.5 Å². The Balaban J connectivity index is 1.82. The summed E-state index contributed by atoms with van der Waals surface area (Å²) in [5, 5.41) is 1.63. The number of hydroxylamine groups is 2. The van der Waals surface area contributed by atoms with Crippen molar-refractivity contribution in [3.63, 3.8) is 0 Å². The highest BCUT2D eigenvalue weighted by Crippen LogP contribution is 2.41. The van der Waals surface area contributed by atoms with Crippen LogP contribution in [0.3, 0.4) is 0 Å². The number of nitrogens with zero attached hydrogens (tertiary/aromatic N) is 3. The molecular weight excluding hydrogens is 484 g/mol. The van der Waals surface area contributed by atoms with Crippen molar-refractivity contribution < 1.29 is 36.6 Å². The zero-order chi connectivity index (χ0) is 25.8. The minimum absolute atomic E-state index is 0.0195. The molecule has 0 radical (unpaired) electrons. The number of methoxy groups -OCH3 is 1. The standard InChI is InChI=1S/C23H29F2N3O6S/c1-23(2,3)21(29)34-27-13-11-26(12-14-27)16-9-10-18(20(15-16)32-4)28(35(30)31)17-7-5-6-8-19(17)33-22(24)25/h5-10,15,22H,11-14H2,1-4H3,(H,30,31). The van der Waals surface area contributed by atoms with Crippen molar-refractivity contribution in [3.05, 3.63) is 42.5 Å². The first-order valence-corrected chi connectivity index (χ1v) is 11.9. The molecule has 0 aromatic heterocycles. The van der Waals surface area contributed by atoms with Crippen LogP contribution in [-0.2, 0) is 20.9 Å². The number of ether oxygens (including phenoxy) is 2. The van der Waals surface area contributed by atoms with E-state index in [1.54, 1.807) is 50.1 Å². The topological polar surface area (TPSA) is 91.8 Å². The van der Waals surface area contributed by atoms with Gasteiger partial charge in [-0.3, -0.25) is 4.55 Å². The SMILES string of the molecule is COc1cc(N2CCN(OC(=O)C(C)(C)C)CC2)ccc1N(c1ccccc1OC(F)F)S(=O)O. The van der Waals surface area contributed by atoms with Crippen LogP contribution < -0.4 is 18.7 Å². The third-order valence-electron chi connectivity index (χ3n) is 5.27. The molecule has 0 aliphatic carbocycles. The predicted octanol–water partition coefficient (Wildman–Crippen LogP) is 4.20. The molecule has 1 saturated heterocycles. The molecule has 2 aromatic carbocycles. The van der Waals surface area contributed by atoms with E-state index < -0.39 is 23.3 Å². The van der Waals surface area contributed by atoms with E-state index in [4.69, 9.17) is 9.57 Å². The predicted molar refractivity (Wildman–Crippen MR) is 128 cm³/mol. The minimum Gasteiger partial charge on any atom is -0.494 e. The lowest BCUT2D eigenvalue weighted by Crippen LogP contribution is -2.48. The molecule has 2 aromatic rings. The van der Waals surface area contributed by atoms with Crippen molar-refractivity contribution in [1.82, 2.24) is 5.06 Å². The van der Waals surface area contributed by atoms with Gasteiger partial charge in [0.2, 0.25) is 0 Å². The summed E-state index contributed by atoms with van der Waals surface area (Å²) in [5.41, 5.74) is 0.361. The molecule has 1 aliphatic heterocycles. The first-order valence-electron chi connectivity index (χ1n) is 10.9. The van der Waals surface area contributed by atoms with Gasteiger partial charge in [0.15, 0.2) is 5.75 Å². The van der Waals surface area contributed by atoms with Crippen LogP contribution in [0.2, 0.25) is 0 Å². The molecule has 35 heavy (non-hydrogen) atoms. The zero-order valence-electron chi connectivity index (χ0n) is 19.9. The number of carbonyl (C=O) groups excluding carboxylic acids is 1. The van der Waals surface area contributed by atoms with Crippen molar-refractivity contribution in [1.29, 1.82) is 0 Å². The molecule has 1 fully saturated rings. The van der Waals surface area contributed by atoms with Gasteiger partial charge in [0.1, 0.15) is 5.75 Å². The van der Waals surface area contributed by atoms with Gasteiger partial charge < -0.3 is 19.2 Å². The maximum Gasteiger partial charge on any atom is 0.387 e. The Morgan fingerprint density at radius 3 is 2.26 bits per heavy atom. The highest BCUT2D eigenvalue weighted by atomic mass is 32.2. The fraction of sp³-hybridized carbons (Fsp3) is 0.435. The van der Waals surface area contributed by atoms with Gasteiger partial charge in [0.25, 0.3) is 11.3 Å². The van der Waals surface area contributed by atoms with E-state index >= 15 is 0 Å². The van der Waals surface area contributed by atoms with Gasteiger partial charge in [-0.05, 0) is 45.0 Å². The van der Waals surface area contributed by atoms with Gasteiger partial charge in [-0.2, -0.15) is 8.78 Å². The maximum absolute atomic E-state index is 12.9. The summed E-state index contributed by atoms with van der Waals surface area (Å²) in [6.45, 7) is 4.41. The van der Waals surface area contributed by atoms with Crippen LogP contribution in [0.15, 0.2) is 42.5 Å². The lowest BCUT2D eigenvalue weighted by Gasteiger charge is -2.36. The molecule has 3 rings (SSSR count). The Morgan fingerprint density at radius 1 is 1.06 bits per heavy atom. The highest BCUT2D eigenvalue weighted by molar-refractivity contribution is 7.81. The van der Waals surface area contributed by atoms with Crippen molar-refractivity contribution >= 4 is 34.3 Å². The fourth-order valence-electron chi connectivity index (χ4n) is 3.44. The average Bonchev–Trinajstić information content (AvgIpc) is 2.80. The zero-order valence-corrected chi connectivity index (χ0v) is 20.8. The molecule has 1 atom stereocenters. The average molecular weight is 514 g/mol. The Morgan fingerprint density at radius 2 is 1.69 bits per heavy atom. The van der Waals surface area contributed by atoms with Crippen LogP contribution in [0.1, 0.15) is 20.8 Å². The second-order valence-corrected chi connectivity index (χ2v) is 9.60. The Bertz CT molecular complexity index is 1060. The molecule has 1 unspecified atom stereocenters. The summed E-state index contributed by atoms with van der Waals surface area (Å²) < 4.78 is 59.0. The lowest BCUT2D eigenvalue weighted by atomic mass is 9.98. The molecule has 0 spiro atoms. The normalized spacial score (nSPS) is 15.6. The molecule has 1 aliphatic rings. The van der Waals surface area contributed by atoms with Gasteiger partial charge >= 0.3 is 12.6 Å². The van der Waals surface area contributed by atoms with E-state index in [1.807, 2.05) is 0 Å². The van der Waals surface area contributed by atoms with Gasteiger partial charge in [-0.25, -0.2) is 13.3 Å². The smallest absolute Gasteiger partial charge is 0.387 e. The van der Waals surface area contributed by atoms with Crippen molar-refractivity contribution in [2.45, 2.75) is 27.4 Å². The largest absolute Gasteiger partial charge is 0.494 e. The second kappa shape index (κ2) is 11.2. The third-order valence-corrected chi connectivity index (χ3v) is 5.97. The van der Waals surface area contributed by atoms with Crippen LogP contribution in [-0.4, -0.2) is 59.7 Å². The first-order chi connectivity index (χ1) is 16.5. The number of piperazine rings is 1. The number of hydrogen-bond acceptors (Lipinski definition) is 7. The number of rotatable bonds is 8. The second-order valence-electron chi connectivity index (χ2n) is 8.77. The van der Waals surface area contributed by atoms with Crippen molar-refractivity contribution in [2.75, 3.05) is 42.5 Å². The molecule has 0 saturated carbocycles. The third kappa shape index (κ3) is 6.59. The van der Waals surface area contributed by atoms with E-state index in [1.165, 1.54) is 25.3 Å². The van der Waals surface area contributed by atoms with Gasteiger partial charge in [0.05, 0.1) is 37.0 Å². The number of benzene rings is 2. The van der Waals surface area contributed by atoms with Crippen LogP contribution >= 0.6 is 0 Å². The summed E-state index contributed by atoms with van der Waals surface area (Å²) in [7, 11) is 1.41. The quantitative estimate of drug-likeness (QED) is 0.526. The molecule has 0 bridgehead atoms. The molecule has 0 amide bonds. The maximum atomic E-state index is 12.9. The number of para-hydroxylation sites is 2. The van der Waals surface area contributed by atoms with E-state index in [9.17, 15) is 22.3 Å². The summed E-state index contributed by atoms with van der Waals surface area (Å²) in [4.78, 5) is 19.6. The number of alkyl halides is 2. The monoisotopic (exact) mass is 513 g/mol. The lowest BCUT2D eigenvalue weighted by molar-refractivity contribution is -0.201. The van der Waals surface area contributed by atoms with Crippen molar-refractivity contribution in [2.24, 2.45) is 5.41 Å². The Labute approximate surface area is 205 Å². The van der Waals surface area contributed by atoms with Gasteiger partial charge in [-0.1, -0.05) is 12.1 Å². The van der Waals surface area contributed by atoms with E-state index in [0.29, 0.717) is 26.2 Å². The molecule has 1 heterocycles. The highest BCUT2D eigenvalue weighted by Gasteiger charge is 2.29. The number of halogens is 2. The summed E-state index contributed by atoms with van der Waals surface area (Å²) in [6.07, 6.45) is 0. The first kappa shape index (κ1) is 26.6. The Kier molecular flexibility index (Phi) is 8.51. The summed E-state index contributed by atoms with van der Waals surface area (Å²) in [5.74, 6) is -0.291. The number of anilines is 3. The van der Waals surface area contributed by atoms with E-state index in [2.05, 4.69) is 9.64 Å². The molecule has 192 valence electrons. The number of hydrogen-bond donors (Lipinski definition) is 1. The van der Waals surface area contributed by atoms with E-state index in [-0.39, 0.29) is 28.8 Å². The molecule has 12 heteroatoms. The van der Waals surface area contributed by atoms with Gasteiger partial charge in [0, 0.05) is 24.8 Å². The van der Waals surface area contributed by atoms with Crippen LogP contribution in [0, 0.1) is 5.41 Å². The fourth-order valence-corrected chi connectivity index (χ4v) is 4.08. The Hall–Kier alpha value is -2.96. The summed E-state index contributed by atoms with van der Waals surface area (Å²) >= 11 is -2.61. The van der Waals surface area contributed by atoms with Crippen LogP contribution in [0.4, 0.5) is 25.8 Å². The molecular formula is C23H29F2N3O6S. The van der Waals surface area contributed by atoms with E-state index in [0.717, 1.165) is 9.99 Å². The summed E-state index contributed by atoms with van der Waals surface area (Å²) in [6, 6.07) is 10.7. The van der Waals surface area contributed by atoms with Crippen LogP contribution in [0.5, 0.6) is 11.5 Å². The number of carbonyl (C=O) groups is 1.